The van der Waals surface area contributed by atoms with Crippen molar-refractivity contribution in [1.29, 1.82) is 0 Å². The predicted octanol–water partition coefficient (Wildman–Crippen LogP) is 2.57. The molecule has 39 heavy (non-hydrogen) atoms. The first kappa shape index (κ1) is 28.6. The smallest absolute Gasteiger partial charge is 0.247 e. The van der Waals surface area contributed by atoms with Crippen LogP contribution in [0.1, 0.15) is 43.7 Å². The quantitative estimate of drug-likeness (QED) is 0.534. The third kappa shape index (κ3) is 6.28. The van der Waals surface area contributed by atoms with Crippen molar-refractivity contribution in [2.24, 2.45) is 11.1 Å². The van der Waals surface area contributed by atoms with Crippen molar-refractivity contribution in [3.8, 4) is 0 Å². The standard InChI is InChI=1S/C29H36F2N4O4/c1-28(2,32)26(37)33-24(17-39-16-19-8-5-4-6-9-19)25(36)35-11-7-10-29(18-35)23(15-34(3)27(29)38)20-12-21(30)14-22(31)13-20/h4-6,8-9,12-14,23-24H,7,10-11,15-18,32H2,1-3H3,(H,33,37)/t23?,24-,29?/m1/s1. The Labute approximate surface area is 227 Å². The molecular weight excluding hydrogens is 506 g/mol. The Morgan fingerprint density at radius 2 is 1.85 bits per heavy atom. The van der Waals surface area contributed by atoms with Crippen LogP contribution in [-0.2, 0) is 25.7 Å². The van der Waals surface area contributed by atoms with Gasteiger partial charge >= 0.3 is 0 Å². The maximum absolute atomic E-state index is 14.1. The van der Waals surface area contributed by atoms with Crippen LogP contribution in [0.2, 0.25) is 0 Å². The molecule has 2 aliphatic heterocycles. The van der Waals surface area contributed by atoms with Gasteiger partial charge in [-0.15, -0.1) is 0 Å². The highest BCUT2D eigenvalue weighted by molar-refractivity contribution is 5.92. The third-order valence-corrected chi connectivity index (χ3v) is 7.60. The van der Waals surface area contributed by atoms with Crippen LogP contribution >= 0.6 is 0 Å². The molecule has 10 heteroatoms. The zero-order valence-electron chi connectivity index (χ0n) is 22.6. The number of amides is 3. The van der Waals surface area contributed by atoms with Crippen LogP contribution in [0.3, 0.4) is 0 Å². The van der Waals surface area contributed by atoms with Crippen LogP contribution in [0.15, 0.2) is 48.5 Å². The molecule has 0 bridgehead atoms. The van der Waals surface area contributed by atoms with Gasteiger partial charge in [-0.2, -0.15) is 0 Å². The van der Waals surface area contributed by atoms with Gasteiger partial charge in [0.2, 0.25) is 17.7 Å². The number of benzene rings is 2. The Morgan fingerprint density at radius 3 is 2.49 bits per heavy atom. The van der Waals surface area contributed by atoms with E-state index < -0.39 is 46.4 Å². The molecule has 2 fully saturated rings. The lowest BCUT2D eigenvalue weighted by atomic mass is 9.69. The van der Waals surface area contributed by atoms with Gasteiger partial charge in [-0.05, 0) is 49.9 Å². The van der Waals surface area contributed by atoms with E-state index in [2.05, 4.69) is 5.32 Å². The molecule has 2 aromatic rings. The zero-order chi connectivity index (χ0) is 28.4. The molecule has 0 aliphatic carbocycles. The minimum absolute atomic E-state index is 0.0644. The van der Waals surface area contributed by atoms with Gasteiger partial charge in [0.05, 0.1) is 24.2 Å². The molecular formula is C29H36F2N4O4. The second kappa shape index (κ2) is 11.4. The van der Waals surface area contributed by atoms with Crippen molar-refractivity contribution in [2.45, 2.75) is 50.8 Å². The molecule has 2 saturated heterocycles. The molecule has 210 valence electrons. The summed E-state index contributed by atoms with van der Waals surface area (Å²) in [5.41, 5.74) is 5.02. The summed E-state index contributed by atoms with van der Waals surface area (Å²) in [5, 5.41) is 2.72. The van der Waals surface area contributed by atoms with E-state index in [0.29, 0.717) is 24.9 Å². The largest absolute Gasteiger partial charge is 0.374 e. The first-order valence-corrected chi connectivity index (χ1v) is 13.1. The summed E-state index contributed by atoms with van der Waals surface area (Å²) in [6.07, 6.45) is 0.994. The topological polar surface area (TPSA) is 105 Å². The predicted molar refractivity (Wildman–Crippen MR) is 141 cm³/mol. The normalized spacial score (nSPS) is 22.3. The fourth-order valence-electron chi connectivity index (χ4n) is 5.60. The van der Waals surface area contributed by atoms with E-state index in [4.69, 9.17) is 10.5 Å². The van der Waals surface area contributed by atoms with E-state index in [9.17, 15) is 23.2 Å². The van der Waals surface area contributed by atoms with Gasteiger partial charge in [-0.3, -0.25) is 14.4 Å². The van der Waals surface area contributed by atoms with Gasteiger partial charge in [0.25, 0.3) is 0 Å². The van der Waals surface area contributed by atoms with E-state index in [1.165, 1.54) is 12.1 Å². The van der Waals surface area contributed by atoms with Crippen LogP contribution < -0.4 is 11.1 Å². The van der Waals surface area contributed by atoms with Crippen molar-refractivity contribution < 1.29 is 27.9 Å². The second-order valence-electron chi connectivity index (χ2n) is 11.2. The van der Waals surface area contributed by atoms with E-state index in [1.807, 2.05) is 30.3 Å². The molecule has 2 aliphatic rings. The van der Waals surface area contributed by atoms with Gasteiger partial charge in [0, 0.05) is 38.7 Å². The summed E-state index contributed by atoms with van der Waals surface area (Å²) in [6, 6.07) is 11.7. The summed E-state index contributed by atoms with van der Waals surface area (Å²) >= 11 is 0. The summed E-state index contributed by atoms with van der Waals surface area (Å²) < 4.78 is 34.1. The van der Waals surface area contributed by atoms with Crippen LogP contribution in [0.5, 0.6) is 0 Å². The summed E-state index contributed by atoms with van der Waals surface area (Å²) in [5.74, 6) is -3.01. The van der Waals surface area contributed by atoms with E-state index in [-0.39, 0.29) is 32.2 Å². The Balaban J connectivity index is 1.57. The molecule has 0 radical (unpaired) electrons. The third-order valence-electron chi connectivity index (χ3n) is 7.60. The number of piperidine rings is 1. The molecule has 2 aromatic carbocycles. The maximum atomic E-state index is 14.1. The van der Waals surface area contributed by atoms with Crippen LogP contribution in [-0.4, -0.2) is 72.4 Å². The number of ether oxygens (including phenoxy) is 1. The van der Waals surface area contributed by atoms with Crippen molar-refractivity contribution >= 4 is 17.7 Å². The lowest BCUT2D eigenvalue weighted by molar-refractivity contribution is -0.147. The number of nitrogens with zero attached hydrogens (tertiary/aromatic N) is 2. The lowest BCUT2D eigenvalue weighted by Gasteiger charge is -2.43. The molecule has 8 nitrogen and oxygen atoms in total. The van der Waals surface area contributed by atoms with Crippen molar-refractivity contribution in [3.05, 3.63) is 71.3 Å². The number of likely N-dealkylation sites (tertiary alicyclic amines) is 2. The van der Waals surface area contributed by atoms with Crippen LogP contribution in [0, 0.1) is 17.0 Å². The molecule has 2 unspecified atom stereocenters. The van der Waals surface area contributed by atoms with Crippen molar-refractivity contribution in [2.75, 3.05) is 33.3 Å². The molecule has 2 heterocycles. The molecule has 3 atom stereocenters. The van der Waals surface area contributed by atoms with Crippen molar-refractivity contribution in [1.82, 2.24) is 15.1 Å². The number of hydrogen-bond acceptors (Lipinski definition) is 5. The number of nitrogens with one attached hydrogen (secondary N) is 1. The molecule has 3 amide bonds. The Bertz CT molecular complexity index is 1200. The number of rotatable bonds is 8. The number of hydrogen-bond donors (Lipinski definition) is 2. The monoisotopic (exact) mass is 542 g/mol. The number of carbonyl (C=O) groups is 3. The Kier molecular flexibility index (Phi) is 8.37. The summed E-state index contributed by atoms with van der Waals surface area (Å²) in [6.45, 7) is 3.96. The van der Waals surface area contributed by atoms with Gasteiger partial charge in [0.15, 0.2) is 0 Å². The van der Waals surface area contributed by atoms with Crippen LogP contribution in [0.4, 0.5) is 8.78 Å². The number of likely N-dealkylation sites (N-methyl/N-ethyl adjacent to an activating group) is 1. The van der Waals surface area contributed by atoms with Crippen LogP contribution in [0.25, 0.3) is 0 Å². The average molecular weight is 543 g/mol. The zero-order valence-corrected chi connectivity index (χ0v) is 22.6. The molecule has 0 saturated carbocycles. The minimum Gasteiger partial charge on any atom is -0.374 e. The summed E-state index contributed by atoms with van der Waals surface area (Å²) in [7, 11) is 1.66. The highest BCUT2D eigenvalue weighted by Crippen LogP contribution is 2.49. The minimum atomic E-state index is -1.22. The van der Waals surface area contributed by atoms with E-state index >= 15 is 0 Å². The second-order valence-corrected chi connectivity index (χ2v) is 11.2. The lowest BCUT2D eigenvalue weighted by Crippen LogP contribution is -2.60. The first-order chi connectivity index (χ1) is 18.4. The number of halogens is 2. The van der Waals surface area contributed by atoms with E-state index in [1.54, 1.807) is 30.7 Å². The summed E-state index contributed by atoms with van der Waals surface area (Å²) in [4.78, 5) is 43.2. The number of nitrogens with two attached hydrogens (primary N) is 1. The first-order valence-electron chi connectivity index (χ1n) is 13.1. The van der Waals surface area contributed by atoms with Gasteiger partial charge < -0.3 is 25.6 Å². The average Bonchev–Trinajstić information content (AvgIpc) is 3.12. The highest BCUT2D eigenvalue weighted by Gasteiger charge is 2.56. The number of carbonyl (C=O) groups excluding carboxylic acids is 3. The fourth-order valence-corrected chi connectivity index (χ4v) is 5.60. The van der Waals surface area contributed by atoms with Crippen molar-refractivity contribution in [3.63, 3.8) is 0 Å². The molecule has 1 spiro atoms. The van der Waals surface area contributed by atoms with Gasteiger partial charge in [-0.25, -0.2) is 8.78 Å². The molecule has 0 aromatic heterocycles. The Morgan fingerprint density at radius 1 is 1.18 bits per heavy atom. The maximum Gasteiger partial charge on any atom is 0.247 e. The van der Waals surface area contributed by atoms with Gasteiger partial charge in [-0.1, -0.05) is 30.3 Å². The Hall–Kier alpha value is -3.37. The SMILES string of the molecule is CN1CC(c2cc(F)cc(F)c2)C2(CCCN(C(=O)[C@@H](COCc3ccccc3)NC(=O)C(C)(C)N)C2)C1=O. The molecule has 4 rings (SSSR count). The highest BCUT2D eigenvalue weighted by atomic mass is 19.1. The van der Waals surface area contributed by atoms with Gasteiger partial charge in [0.1, 0.15) is 17.7 Å². The van der Waals surface area contributed by atoms with E-state index in [0.717, 1.165) is 11.6 Å². The molecule has 3 N–H and O–H groups in total. The fraction of sp³-hybridized carbons (Fsp3) is 0.483.